The first-order valence-electron chi connectivity index (χ1n) is 8.90. The van der Waals surface area contributed by atoms with E-state index in [4.69, 9.17) is 11.5 Å². The molecule has 8 heteroatoms. The molecule has 0 aliphatic carbocycles. The highest BCUT2D eigenvalue weighted by molar-refractivity contribution is 8.00. The molecule has 2 fully saturated rings. The summed E-state index contributed by atoms with van der Waals surface area (Å²) in [4.78, 5) is 22.9. The van der Waals surface area contributed by atoms with Crippen LogP contribution in [0.25, 0.3) is 0 Å². The summed E-state index contributed by atoms with van der Waals surface area (Å²) < 4.78 is 0. The molecule has 0 aromatic heterocycles. The number of carbonyl (C=O) groups excluding carboxylic acids is 1. The van der Waals surface area contributed by atoms with Gasteiger partial charge in [0, 0.05) is 17.0 Å². The van der Waals surface area contributed by atoms with Gasteiger partial charge in [-0.1, -0.05) is 19.3 Å². The van der Waals surface area contributed by atoms with Crippen molar-refractivity contribution in [3.8, 4) is 0 Å². The Bertz CT molecular complexity index is 438. The van der Waals surface area contributed by atoms with Gasteiger partial charge in [0.2, 0.25) is 0 Å². The number of nitrogens with one attached hydrogen (secondary N) is 2. The Balaban J connectivity index is 1.71. The molecule has 7 N–H and O–H groups in total. The molecule has 5 atom stereocenters. The number of carbonyl (C=O) groups is 2. The van der Waals surface area contributed by atoms with Crippen molar-refractivity contribution in [1.82, 2.24) is 10.6 Å². The van der Waals surface area contributed by atoms with E-state index in [1.54, 1.807) is 0 Å². The first-order valence-corrected chi connectivity index (χ1v) is 9.95. The molecule has 2 aliphatic heterocycles. The Morgan fingerprint density at radius 1 is 1.25 bits per heavy atom. The van der Waals surface area contributed by atoms with Gasteiger partial charge in [-0.05, 0) is 32.2 Å². The molecule has 7 nitrogen and oxygen atoms in total. The molecule has 0 spiro atoms. The van der Waals surface area contributed by atoms with E-state index < -0.39 is 11.9 Å². The molecule has 2 rings (SSSR count). The van der Waals surface area contributed by atoms with Crippen molar-refractivity contribution in [3.63, 3.8) is 0 Å². The van der Waals surface area contributed by atoms with Crippen molar-refractivity contribution in [2.45, 2.75) is 68.3 Å². The highest BCUT2D eigenvalue weighted by Gasteiger charge is 2.42. The van der Waals surface area contributed by atoms with Gasteiger partial charge in [0.1, 0.15) is 0 Å². The zero-order valence-electron chi connectivity index (χ0n) is 14.1. The van der Waals surface area contributed by atoms with Gasteiger partial charge in [0.05, 0.1) is 18.0 Å². The van der Waals surface area contributed by atoms with Crippen molar-refractivity contribution in [2.24, 2.45) is 17.4 Å². The summed E-state index contributed by atoms with van der Waals surface area (Å²) in [6.07, 6.45) is 5.98. The Kier molecular flexibility index (Phi) is 7.64. The normalized spacial score (nSPS) is 28.1. The fourth-order valence-electron chi connectivity index (χ4n) is 3.60. The molecular formula is C16H30N4O3S. The first-order chi connectivity index (χ1) is 11.5. The average Bonchev–Trinajstić information content (AvgIpc) is 3.07. The van der Waals surface area contributed by atoms with Crippen LogP contribution in [-0.2, 0) is 4.79 Å². The Labute approximate surface area is 147 Å². The topological polar surface area (TPSA) is 130 Å². The molecule has 2 saturated heterocycles. The van der Waals surface area contributed by atoms with E-state index in [-0.39, 0.29) is 24.2 Å². The van der Waals surface area contributed by atoms with Gasteiger partial charge in [-0.2, -0.15) is 11.8 Å². The van der Waals surface area contributed by atoms with Crippen molar-refractivity contribution >= 4 is 23.8 Å². The van der Waals surface area contributed by atoms with E-state index in [1.165, 1.54) is 0 Å². The lowest BCUT2D eigenvalue weighted by Crippen LogP contribution is -2.37. The number of urea groups is 1. The molecule has 0 radical (unpaired) electrons. The maximum absolute atomic E-state index is 11.5. The van der Waals surface area contributed by atoms with Crippen molar-refractivity contribution in [2.75, 3.05) is 12.3 Å². The smallest absolute Gasteiger partial charge is 0.315 e. The van der Waals surface area contributed by atoms with E-state index >= 15 is 0 Å². The van der Waals surface area contributed by atoms with E-state index in [0.29, 0.717) is 18.2 Å². The van der Waals surface area contributed by atoms with Crippen LogP contribution in [0.4, 0.5) is 4.79 Å². The number of carboxylic acids is 1. The predicted octanol–water partition coefficient (Wildman–Crippen LogP) is 0.869. The number of aliphatic carboxylic acids is 1. The molecule has 0 aromatic carbocycles. The van der Waals surface area contributed by atoms with Gasteiger partial charge < -0.3 is 27.2 Å². The second-order valence-corrected chi connectivity index (χ2v) is 8.07. The summed E-state index contributed by atoms with van der Waals surface area (Å²) in [5, 5.41) is 15.7. The Morgan fingerprint density at radius 3 is 2.75 bits per heavy atom. The first kappa shape index (κ1) is 19.3. The fourth-order valence-corrected chi connectivity index (χ4v) is 5.15. The lowest BCUT2D eigenvalue weighted by molar-refractivity contribution is -0.142. The molecule has 2 aliphatic rings. The molecule has 2 amide bonds. The highest BCUT2D eigenvalue weighted by atomic mass is 32.2. The second-order valence-electron chi connectivity index (χ2n) is 6.80. The minimum absolute atomic E-state index is 0.0850. The number of carboxylic acid groups (broad SMARTS) is 1. The zero-order valence-corrected chi connectivity index (χ0v) is 14.9. The Hall–Kier alpha value is -0.990. The summed E-state index contributed by atoms with van der Waals surface area (Å²) in [5.41, 5.74) is 11.6. The molecule has 0 bridgehead atoms. The highest BCUT2D eigenvalue weighted by Crippen LogP contribution is 2.33. The third-order valence-electron chi connectivity index (χ3n) is 5.02. The van der Waals surface area contributed by atoms with Crippen LogP contribution in [0.1, 0.15) is 44.9 Å². The Morgan fingerprint density at radius 2 is 2.04 bits per heavy atom. The average molecular weight is 359 g/mol. The number of amides is 2. The van der Waals surface area contributed by atoms with Crippen LogP contribution in [-0.4, -0.2) is 52.8 Å². The van der Waals surface area contributed by atoms with Gasteiger partial charge in [0.25, 0.3) is 0 Å². The summed E-state index contributed by atoms with van der Waals surface area (Å²) in [6, 6.07) is 0.0126. The molecule has 24 heavy (non-hydrogen) atoms. The minimum atomic E-state index is -0.797. The van der Waals surface area contributed by atoms with E-state index in [2.05, 4.69) is 10.6 Å². The quantitative estimate of drug-likeness (QED) is 0.275. The van der Waals surface area contributed by atoms with Gasteiger partial charge >= 0.3 is 12.0 Å². The van der Waals surface area contributed by atoms with Gasteiger partial charge in [-0.15, -0.1) is 0 Å². The number of thioether (sulfide) groups is 1. The minimum Gasteiger partial charge on any atom is -0.481 e. The van der Waals surface area contributed by atoms with Crippen LogP contribution in [0.15, 0.2) is 0 Å². The number of nitrogens with two attached hydrogens (primary N) is 2. The molecule has 2 unspecified atom stereocenters. The van der Waals surface area contributed by atoms with Crippen molar-refractivity contribution in [1.29, 1.82) is 0 Å². The number of unbranched alkanes of at least 4 members (excludes halogenated alkanes) is 2. The maximum atomic E-state index is 11.5. The summed E-state index contributed by atoms with van der Waals surface area (Å²) in [6.45, 7) is 0.671. The standard InChI is InChI=1S/C16H30N4O3S/c17-8-3-1-2-6-11(18)10(15(21)22)5-4-7-13-14-12(9-24-13)19-16(23)20-14/h10-14H,1-9,17-18H2,(H,21,22)(H2,19,20,23)/t10?,11?,12-,13-,14-/m0/s1. The molecule has 0 aromatic rings. The summed E-state index contributed by atoms with van der Waals surface area (Å²) in [7, 11) is 0. The van der Waals surface area contributed by atoms with E-state index in [9.17, 15) is 14.7 Å². The maximum Gasteiger partial charge on any atom is 0.315 e. The lowest BCUT2D eigenvalue weighted by atomic mass is 9.90. The lowest BCUT2D eigenvalue weighted by Gasteiger charge is -2.22. The molecule has 138 valence electrons. The van der Waals surface area contributed by atoms with Crippen LogP contribution in [0.5, 0.6) is 0 Å². The van der Waals surface area contributed by atoms with Crippen LogP contribution in [0, 0.1) is 5.92 Å². The van der Waals surface area contributed by atoms with Gasteiger partial charge in [-0.3, -0.25) is 4.79 Å². The van der Waals surface area contributed by atoms with E-state index in [1.807, 2.05) is 11.8 Å². The third kappa shape index (κ3) is 5.26. The largest absolute Gasteiger partial charge is 0.481 e. The number of hydrogen-bond acceptors (Lipinski definition) is 5. The van der Waals surface area contributed by atoms with Crippen LogP contribution >= 0.6 is 11.8 Å². The molecule has 0 saturated carbocycles. The van der Waals surface area contributed by atoms with Crippen LogP contribution in [0.2, 0.25) is 0 Å². The molecular weight excluding hydrogens is 328 g/mol. The molecule has 2 heterocycles. The monoisotopic (exact) mass is 358 g/mol. The van der Waals surface area contributed by atoms with Gasteiger partial charge in [0.15, 0.2) is 0 Å². The predicted molar refractivity (Wildman–Crippen MR) is 96.0 cm³/mol. The third-order valence-corrected chi connectivity index (χ3v) is 6.53. The number of fused-ring (bicyclic) bond motifs is 1. The number of hydrogen-bond donors (Lipinski definition) is 5. The summed E-state index contributed by atoms with van der Waals surface area (Å²) in [5.74, 6) is -0.354. The summed E-state index contributed by atoms with van der Waals surface area (Å²) >= 11 is 1.86. The fraction of sp³-hybridized carbons (Fsp3) is 0.875. The second kappa shape index (κ2) is 9.48. The van der Waals surface area contributed by atoms with Gasteiger partial charge in [-0.25, -0.2) is 4.79 Å². The van der Waals surface area contributed by atoms with Crippen molar-refractivity contribution in [3.05, 3.63) is 0 Å². The van der Waals surface area contributed by atoms with Crippen molar-refractivity contribution < 1.29 is 14.7 Å². The number of rotatable bonds is 11. The SMILES string of the molecule is NCCCCCC(N)C(CCC[C@@H]1SC[C@@H]2NC(=O)N[C@@H]21)C(=O)O. The van der Waals surface area contributed by atoms with Crippen LogP contribution in [0.3, 0.4) is 0 Å². The van der Waals surface area contributed by atoms with E-state index in [0.717, 1.165) is 44.3 Å². The van der Waals surface area contributed by atoms with Crippen LogP contribution < -0.4 is 22.1 Å². The zero-order chi connectivity index (χ0) is 17.5.